The maximum atomic E-state index is 11.0. The first-order valence-corrected chi connectivity index (χ1v) is 6.87. The van der Waals surface area contributed by atoms with Crippen LogP contribution in [-0.2, 0) is 0 Å². The van der Waals surface area contributed by atoms with Crippen molar-refractivity contribution in [2.75, 3.05) is 0 Å². The Bertz CT molecular complexity index is 777. The summed E-state index contributed by atoms with van der Waals surface area (Å²) in [6.07, 6.45) is 0. The molecule has 0 radical (unpaired) electrons. The van der Waals surface area contributed by atoms with Crippen LogP contribution in [0.25, 0.3) is 21.2 Å². The lowest BCUT2D eigenvalue weighted by Gasteiger charge is -2.06. The van der Waals surface area contributed by atoms with E-state index in [0.29, 0.717) is 9.90 Å². The van der Waals surface area contributed by atoms with Crippen molar-refractivity contribution in [2.24, 2.45) is 0 Å². The van der Waals surface area contributed by atoms with Gasteiger partial charge in [-0.25, -0.2) is 4.79 Å². The van der Waals surface area contributed by atoms with Crippen molar-refractivity contribution in [3.63, 3.8) is 0 Å². The van der Waals surface area contributed by atoms with Crippen molar-refractivity contribution in [3.8, 4) is 10.4 Å². The number of hydrogen-bond donors (Lipinski definition) is 1. The van der Waals surface area contributed by atoms with Gasteiger partial charge in [0.1, 0.15) is 4.88 Å². The van der Waals surface area contributed by atoms with E-state index in [2.05, 4.69) is 0 Å². The van der Waals surface area contributed by atoms with Gasteiger partial charge in [-0.2, -0.15) is 0 Å². The van der Waals surface area contributed by atoms with Gasteiger partial charge in [0.15, 0.2) is 0 Å². The molecule has 0 amide bonds. The van der Waals surface area contributed by atoms with Gasteiger partial charge in [-0.1, -0.05) is 41.9 Å². The van der Waals surface area contributed by atoms with Gasteiger partial charge >= 0.3 is 5.97 Å². The van der Waals surface area contributed by atoms with Crippen LogP contribution in [0.4, 0.5) is 0 Å². The quantitative estimate of drug-likeness (QED) is 0.727. The SMILES string of the molecule is O=C(O)c1ccc(-c2ccc(Cl)c3ccccc23)s1. The second-order valence-electron chi connectivity index (χ2n) is 4.11. The normalized spacial score (nSPS) is 10.8. The van der Waals surface area contributed by atoms with E-state index in [-0.39, 0.29) is 0 Å². The molecule has 0 saturated heterocycles. The predicted molar refractivity (Wildman–Crippen MR) is 79.2 cm³/mol. The third kappa shape index (κ3) is 2.11. The van der Waals surface area contributed by atoms with E-state index in [4.69, 9.17) is 16.7 Å². The van der Waals surface area contributed by atoms with E-state index in [0.717, 1.165) is 21.2 Å². The number of hydrogen-bond acceptors (Lipinski definition) is 2. The molecule has 1 N–H and O–H groups in total. The zero-order valence-electron chi connectivity index (χ0n) is 9.76. The standard InChI is InChI=1S/C15H9ClO2S/c16-12-6-5-11(9-3-1-2-4-10(9)12)13-7-8-14(19-13)15(17)18/h1-8H,(H,17,18). The zero-order valence-corrected chi connectivity index (χ0v) is 11.3. The van der Waals surface area contributed by atoms with E-state index in [1.807, 2.05) is 42.5 Å². The fourth-order valence-corrected chi connectivity index (χ4v) is 3.19. The van der Waals surface area contributed by atoms with Crippen LogP contribution in [0.15, 0.2) is 48.5 Å². The molecule has 0 fully saturated rings. The summed E-state index contributed by atoms with van der Waals surface area (Å²) in [6, 6.07) is 15.1. The number of halogens is 1. The molecule has 94 valence electrons. The minimum Gasteiger partial charge on any atom is -0.477 e. The largest absolute Gasteiger partial charge is 0.477 e. The lowest BCUT2D eigenvalue weighted by molar-refractivity contribution is 0.0702. The molecule has 1 heterocycles. The van der Waals surface area contributed by atoms with Gasteiger partial charge in [-0.05, 0) is 29.1 Å². The van der Waals surface area contributed by atoms with Crippen molar-refractivity contribution >= 4 is 39.7 Å². The number of aromatic carboxylic acids is 1. The maximum absolute atomic E-state index is 11.0. The fraction of sp³-hybridized carbons (Fsp3) is 0. The molecule has 19 heavy (non-hydrogen) atoms. The third-order valence-electron chi connectivity index (χ3n) is 2.95. The molecular formula is C15H9ClO2S. The Hall–Kier alpha value is -1.84. The molecule has 4 heteroatoms. The minimum atomic E-state index is -0.894. The summed E-state index contributed by atoms with van der Waals surface area (Å²) < 4.78 is 0. The number of carbonyl (C=O) groups is 1. The van der Waals surface area contributed by atoms with Crippen LogP contribution in [0, 0.1) is 0 Å². The molecule has 2 aromatic carbocycles. The number of carboxylic acids is 1. The van der Waals surface area contributed by atoms with Crippen LogP contribution >= 0.6 is 22.9 Å². The molecule has 0 saturated carbocycles. The molecule has 0 spiro atoms. The Morgan fingerprint density at radius 3 is 2.42 bits per heavy atom. The second-order valence-corrected chi connectivity index (χ2v) is 5.60. The zero-order chi connectivity index (χ0) is 13.4. The summed E-state index contributed by atoms with van der Waals surface area (Å²) in [5.74, 6) is -0.894. The molecule has 0 unspecified atom stereocenters. The first-order chi connectivity index (χ1) is 9.16. The smallest absolute Gasteiger partial charge is 0.345 e. The molecule has 0 aliphatic carbocycles. The number of thiophene rings is 1. The van der Waals surface area contributed by atoms with E-state index in [1.54, 1.807) is 6.07 Å². The molecular weight excluding hydrogens is 280 g/mol. The van der Waals surface area contributed by atoms with Gasteiger partial charge in [0.2, 0.25) is 0 Å². The highest BCUT2D eigenvalue weighted by Gasteiger charge is 2.11. The third-order valence-corrected chi connectivity index (χ3v) is 4.39. The molecule has 0 aliphatic heterocycles. The van der Waals surface area contributed by atoms with Crippen molar-refractivity contribution < 1.29 is 9.90 Å². The minimum absolute atomic E-state index is 0.342. The number of fused-ring (bicyclic) bond motifs is 1. The van der Waals surface area contributed by atoms with Crippen molar-refractivity contribution in [1.29, 1.82) is 0 Å². The molecule has 3 rings (SSSR count). The van der Waals surface area contributed by atoms with Gasteiger partial charge in [-0.15, -0.1) is 11.3 Å². The second kappa shape index (κ2) is 4.68. The monoisotopic (exact) mass is 288 g/mol. The Morgan fingerprint density at radius 1 is 1.00 bits per heavy atom. The average molecular weight is 289 g/mol. The van der Waals surface area contributed by atoms with Crippen LogP contribution in [0.2, 0.25) is 5.02 Å². The number of carboxylic acid groups (broad SMARTS) is 1. The van der Waals surface area contributed by atoms with Crippen molar-refractivity contribution in [3.05, 3.63) is 58.4 Å². The van der Waals surface area contributed by atoms with Crippen LogP contribution in [0.3, 0.4) is 0 Å². The van der Waals surface area contributed by atoms with Gasteiger partial charge in [0.05, 0.1) is 0 Å². The van der Waals surface area contributed by atoms with Crippen LogP contribution in [0.5, 0.6) is 0 Å². The summed E-state index contributed by atoms with van der Waals surface area (Å²) in [7, 11) is 0. The Balaban J connectivity index is 2.24. The number of benzene rings is 2. The molecule has 2 nitrogen and oxygen atoms in total. The first kappa shape index (κ1) is 12.2. The Labute approximate surface area is 118 Å². The van der Waals surface area contributed by atoms with Crippen LogP contribution in [0.1, 0.15) is 9.67 Å². The highest BCUT2D eigenvalue weighted by molar-refractivity contribution is 7.17. The summed E-state index contributed by atoms with van der Waals surface area (Å²) in [4.78, 5) is 12.2. The summed E-state index contributed by atoms with van der Waals surface area (Å²) >= 11 is 7.45. The molecule has 0 aliphatic rings. The van der Waals surface area contributed by atoms with Gasteiger partial charge in [0.25, 0.3) is 0 Å². The van der Waals surface area contributed by atoms with E-state index in [1.165, 1.54) is 11.3 Å². The lowest BCUT2D eigenvalue weighted by Crippen LogP contribution is -1.89. The summed E-state index contributed by atoms with van der Waals surface area (Å²) in [5, 5.41) is 11.7. The molecule has 1 aromatic heterocycles. The van der Waals surface area contributed by atoms with Gasteiger partial charge in [-0.3, -0.25) is 0 Å². The molecule has 0 bridgehead atoms. The van der Waals surface area contributed by atoms with E-state index < -0.39 is 5.97 Å². The molecule has 3 aromatic rings. The maximum Gasteiger partial charge on any atom is 0.345 e. The Morgan fingerprint density at radius 2 is 1.74 bits per heavy atom. The topological polar surface area (TPSA) is 37.3 Å². The van der Waals surface area contributed by atoms with Crippen LogP contribution < -0.4 is 0 Å². The Kier molecular flexibility index (Phi) is 3.01. The predicted octanol–water partition coefficient (Wildman–Crippen LogP) is 4.92. The highest BCUT2D eigenvalue weighted by atomic mass is 35.5. The first-order valence-electron chi connectivity index (χ1n) is 5.67. The van der Waals surface area contributed by atoms with Crippen molar-refractivity contribution in [1.82, 2.24) is 0 Å². The van der Waals surface area contributed by atoms with E-state index >= 15 is 0 Å². The van der Waals surface area contributed by atoms with Crippen LogP contribution in [-0.4, -0.2) is 11.1 Å². The summed E-state index contributed by atoms with van der Waals surface area (Å²) in [6.45, 7) is 0. The number of rotatable bonds is 2. The van der Waals surface area contributed by atoms with Gasteiger partial charge < -0.3 is 5.11 Å². The van der Waals surface area contributed by atoms with E-state index in [9.17, 15) is 4.79 Å². The van der Waals surface area contributed by atoms with Crippen molar-refractivity contribution in [2.45, 2.75) is 0 Å². The fourth-order valence-electron chi connectivity index (χ4n) is 2.07. The molecule has 0 atom stereocenters. The average Bonchev–Trinajstić information content (AvgIpc) is 2.89. The lowest BCUT2D eigenvalue weighted by atomic mass is 10.0. The summed E-state index contributed by atoms with van der Waals surface area (Å²) in [5.41, 5.74) is 1.01. The highest BCUT2D eigenvalue weighted by Crippen LogP contribution is 2.36. The van der Waals surface area contributed by atoms with Gasteiger partial charge in [0, 0.05) is 15.3 Å².